The summed E-state index contributed by atoms with van der Waals surface area (Å²) in [7, 11) is 1.61. The highest BCUT2D eigenvalue weighted by atomic mass is 16.5. The molecule has 1 unspecified atom stereocenters. The van der Waals surface area contributed by atoms with Crippen molar-refractivity contribution in [3.05, 3.63) is 77.1 Å². The molecule has 1 fully saturated rings. The number of carbonyl (C=O) groups excluding carboxylic acids is 2. The molecule has 2 amide bonds. The molecular weight excluding hydrogens is 436 g/mol. The van der Waals surface area contributed by atoms with Gasteiger partial charge in [0.1, 0.15) is 18.3 Å². The lowest BCUT2D eigenvalue weighted by Gasteiger charge is -2.38. The Balaban J connectivity index is 1.23. The van der Waals surface area contributed by atoms with E-state index in [1.165, 1.54) is 15.8 Å². The Kier molecular flexibility index (Phi) is 5.53. The Hall–Kier alpha value is -4.14. The number of carbonyl (C=O) groups is 3. The summed E-state index contributed by atoms with van der Waals surface area (Å²) in [4.78, 5) is 38.0. The SMILES string of the molecule is Cn1ncc(CNC(=O)OCC2c3ccccc3-c3ccccc32)c1C(=O)N1CCC1C(=O)O. The second-order valence-electron chi connectivity index (χ2n) is 8.46. The van der Waals surface area contributed by atoms with Crippen molar-refractivity contribution in [2.45, 2.75) is 24.9 Å². The maximum absolute atomic E-state index is 12.9. The third kappa shape index (κ3) is 3.68. The fraction of sp³-hybridized carbons (Fsp3) is 0.280. The normalized spacial score (nSPS) is 16.4. The minimum atomic E-state index is -1.03. The molecule has 3 aromatic rings. The van der Waals surface area contributed by atoms with Gasteiger partial charge < -0.3 is 20.1 Å². The molecule has 2 N–H and O–H groups in total. The highest BCUT2D eigenvalue weighted by Gasteiger charge is 2.39. The van der Waals surface area contributed by atoms with Crippen LogP contribution in [0.25, 0.3) is 11.1 Å². The monoisotopic (exact) mass is 460 g/mol. The van der Waals surface area contributed by atoms with Crippen LogP contribution in [0, 0.1) is 0 Å². The minimum absolute atomic E-state index is 0.0389. The number of nitrogens with zero attached hydrogens (tertiary/aromatic N) is 3. The van der Waals surface area contributed by atoms with Gasteiger partial charge in [0.25, 0.3) is 5.91 Å². The van der Waals surface area contributed by atoms with Gasteiger partial charge in [0.15, 0.2) is 0 Å². The third-order valence-corrected chi connectivity index (χ3v) is 6.55. The number of ether oxygens (including phenoxy) is 1. The average molecular weight is 460 g/mol. The van der Waals surface area contributed by atoms with E-state index in [-0.39, 0.29) is 24.8 Å². The van der Waals surface area contributed by atoms with Crippen LogP contribution in [0.5, 0.6) is 0 Å². The number of amides is 2. The van der Waals surface area contributed by atoms with Gasteiger partial charge in [-0.3, -0.25) is 9.48 Å². The number of benzene rings is 2. The van der Waals surface area contributed by atoms with Gasteiger partial charge in [-0.15, -0.1) is 0 Å². The van der Waals surface area contributed by atoms with Crippen LogP contribution in [-0.4, -0.2) is 57.0 Å². The predicted octanol–water partition coefficient (Wildman–Crippen LogP) is 2.76. The van der Waals surface area contributed by atoms with E-state index in [0.29, 0.717) is 18.5 Å². The van der Waals surface area contributed by atoms with Crippen LogP contribution < -0.4 is 5.32 Å². The number of carboxylic acids is 1. The fourth-order valence-corrected chi connectivity index (χ4v) is 4.73. The molecule has 9 heteroatoms. The number of carboxylic acid groups (broad SMARTS) is 1. The van der Waals surface area contributed by atoms with Gasteiger partial charge in [0.05, 0.1) is 12.7 Å². The van der Waals surface area contributed by atoms with Crippen molar-refractivity contribution in [3.63, 3.8) is 0 Å². The van der Waals surface area contributed by atoms with Gasteiger partial charge in [0.2, 0.25) is 0 Å². The molecule has 9 nitrogen and oxygen atoms in total. The summed E-state index contributed by atoms with van der Waals surface area (Å²) in [5, 5.41) is 16.0. The van der Waals surface area contributed by atoms with Crippen LogP contribution in [0.3, 0.4) is 0 Å². The summed E-state index contributed by atoms with van der Waals surface area (Å²) in [6.45, 7) is 0.601. The van der Waals surface area contributed by atoms with Crippen LogP contribution in [0.15, 0.2) is 54.7 Å². The Labute approximate surface area is 195 Å². The number of hydrogen-bond donors (Lipinski definition) is 2. The van der Waals surface area contributed by atoms with Crippen molar-refractivity contribution in [1.29, 1.82) is 0 Å². The van der Waals surface area contributed by atoms with Crippen LogP contribution in [0.2, 0.25) is 0 Å². The molecule has 0 spiro atoms. The molecule has 0 saturated carbocycles. The van der Waals surface area contributed by atoms with E-state index in [2.05, 4.69) is 34.7 Å². The largest absolute Gasteiger partial charge is 0.480 e. The van der Waals surface area contributed by atoms with Gasteiger partial charge in [-0.25, -0.2) is 9.59 Å². The second kappa shape index (κ2) is 8.66. The molecule has 1 atom stereocenters. The van der Waals surface area contributed by atoms with Gasteiger partial charge >= 0.3 is 12.1 Å². The van der Waals surface area contributed by atoms with E-state index in [4.69, 9.17) is 4.74 Å². The number of hydrogen-bond acceptors (Lipinski definition) is 5. The van der Waals surface area contributed by atoms with Gasteiger partial charge in [-0.05, 0) is 28.7 Å². The van der Waals surface area contributed by atoms with Gasteiger partial charge in [-0.2, -0.15) is 5.10 Å². The highest BCUT2D eigenvalue weighted by molar-refractivity contribution is 5.97. The first-order valence-corrected chi connectivity index (χ1v) is 11.1. The lowest BCUT2D eigenvalue weighted by Crippen LogP contribution is -2.55. The van der Waals surface area contributed by atoms with E-state index in [9.17, 15) is 19.5 Å². The summed E-state index contributed by atoms with van der Waals surface area (Å²) >= 11 is 0. The van der Waals surface area contributed by atoms with E-state index >= 15 is 0 Å². The van der Waals surface area contributed by atoms with Crippen LogP contribution in [0.4, 0.5) is 4.79 Å². The maximum Gasteiger partial charge on any atom is 0.407 e. The molecular formula is C25H24N4O5. The first-order chi connectivity index (χ1) is 16.5. The van der Waals surface area contributed by atoms with Crippen LogP contribution in [-0.2, 0) is 23.1 Å². The molecule has 2 heterocycles. The van der Waals surface area contributed by atoms with Crippen molar-refractivity contribution in [3.8, 4) is 11.1 Å². The summed E-state index contributed by atoms with van der Waals surface area (Å²) < 4.78 is 6.94. The minimum Gasteiger partial charge on any atom is -0.480 e. The summed E-state index contributed by atoms with van der Waals surface area (Å²) in [5.41, 5.74) is 5.30. The molecule has 2 aliphatic rings. The van der Waals surface area contributed by atoms with Crippen molar-refractivity contribution < 1.29 is 24.2 Å². The number of aliphatic carboxylic acids is 1. The molecule has 1 saturated heterocycles. The van der Waals surface area contributed by atoms with Crippen molar-refractivity contribution >= 4 is 18.0 Å². The fourth-order valence-electron chi connectivity index (χ4n) is 4.73. The summed E-state index contributed by atoms with van der Waals surface area (Å²) in [6.07, 6.45) is 1.31. The Bertz CT molecular complexity index is 1240. The average Bonchev–Trinajstić information content (AvgIpc) is 3.32. The van der Waals surface area contributed by atoms with E-state index in [1.54, 1.807) is 7.05 Å². The third-order valence-electron chi connectivity index (χ3n) is 6.55. The smallest absolute Gasteiger partial charge is 0.407 e. The lowest BCUT2D eigenvalue weighted by atomic mass is 9.98. The first-order valence-electron chi connectivity index (χ1n) is 11.1. The number of nitrogens with one attached hydrogen (secondary N) is 1. The van der Waals surface area contributed by atoms with Crippen LogP contribution in [0.1, 0.15) is 39.5 Å². The molecule has 2 aromatic carbocycles. The summed E-state index contributed by atoms with van der Waals surface area (Å²) in [6, 6.07) is 15.4. The Morgan fingerprint density at radius 3 is 2.32 bits per heavy atom. The molecule has 0 radical (unpaired) electrons. The molecule has 174 valence electrons. The number of rotatable bonds is 6. The zero-order valence-electron chi connectivity index (χ0n) is 18.6. The van der Waals surface area contributed by atoms with Crippen molar-refractivity contribution in [2.24, 2.45) is 7.05 Å². The standard InChI is InChI=1S/C25H24N4O5/c1-28-22(23(30)29-11-10-21(29)24(31)32)15(13-27-28)12-26-25(33)34-14-20-18-8-4-2-6-16(18)17-7-3-5-9-19(17)20/h2-9,13,20-21H,10-12,14H2,1H3,(H,26,33)(H,31,32). The van der Waals surface area contributed by atoms with E-state index in [0.717, 1.165) is 22.3 Å². The number of likely N-dealkylation sites (tertiary alicyclic amines) is 1. The topological polar surface area (TPSA) is 114 Å². The molecule has 5 rings (SSSR count). The maximum atomic E-state index is 12.9. The van der Waals surface area contributed by atoms with E-state index in [1.807, 2.05) is 24.3 Å². The van der Waals surface area contributed by atoms with Gasteiger partial charge in [-0.1, -0.05) is 48.5 Å². The Morgan fingerprint density at radius 1 is 1.09 bits per heavy atom. The molecule has 1 aromatic heterocycles. The van der Waals surface area contributed by atoms with Crippen molar-refractivity contribution in [2.75, 3.05) is 13.2 Å². The van der Waals surface area contributed by atoms with Crippen molar-refractivity contribution in [1.82, 2.24) is 20.0 Å². The van der Waals surface area contributed by atoms with Gasteiger partial charge in [0, 0.05) is 25.1 Å². The first kappa shape index (κ1) is 21.7. The van der Waals surface area contributed by atoms with E-state index < -0.39 is 24.0 Å². The second-order valence-corrected chi connectivity index (χ2v) is 8.46. The highest BCUT2D eigenvalue weighted by Crippen LogP contribution is 2.44. The zero-order valence-corrected chi connectivity index (χ0v) is 18.6. The molecule has 0 bridgehead atoms. The zero-order chi connectivity index (χ0) is 23.8. The quantitative estimate of drug-likeness (QED) is 0.585. The molecule has 1 aliphatic heterocycles. The number of aryl methyl sites for hydroxylation is 1. The lowest BCUT2D eigenvalue weighted by molar-refractivity contribution is -0.146. The number of fused-ring (bicyclic) bond motifs is 3. The molecule has 34 heavy (non-hydrogen) atoms. The predicted molar refractivity (Wildman–Crippen MR) is 122 cm³/mol. The van der Waals surface area contributed by atoms with Crippen LogP contribution >= 0.6 is 0 Å². The number of aromatic nitrogens is 2. The molecule has 1 aliphatic carbocycles. The summed E-state index contributed by atoms with van der Waals surface area (Å²) in [5.74, 6) is -1.49. The Morgan fingerprint density at radius 2 is 1.74 bits per heavy atom. The number of alkyl carbamates (subject to hydrolysis) is 1.